The Morgan fingerprint density at radius 2 is 2.17 bits per heavy atom. The van der Waals surface area contributed by atoms with Gasteiger partial charge in [0.15, 0.2) is 0 Å². The highest BCUT2D eigenvalue weighted by molar-refractivity contribution is 9.10. The first-order valence-corrected chi connectivity index (χ1v) is 6.75. The molecule has 0 bridgehead atoms. The number of furan rings is 1. The number of thioether (sulfide) groups is 1. The van der Waals surface area contributed by atoms with Crippen LogP contribution in [0.25, 0.3) is 0 Å². The maximum atomic E-state index is 10.5. The monoisotopic (exact) mass is 328 g/mol. The molecule has 0 amide bonds. The number of benzene rings is 1. The molecule has 1 aromatic heterocycles. The molecule has 0 atom stereocenters. The van der Waals surface area contributed by atoms with Crippen molar-refractivity contribution in [1.82, 2.24) is 0 Å². The minimum absolute atomic E-state index is 0.243. The van der Waals surface area contributed by atoms with Crippen LogP contribution in [0.1, 0.15) is 5.76 Å². The van der Waals surface area contributed by atoms with Crippen molar-refractivity contribution in [1.29, 1.82) is 0 Å². The molecule has 0 spiro atoms. The Morgan fingerprint density at radius 3 is 2.83 bits per heavy atom. The highest BCUT2D eigenvalue weighted by atomic mass is 79.9. The van der Waals surface area contributed by atoms with Crippen LogP contribution in [0.2, 0.25) is 0 Å². The minimum atomic E-state index is -0.554. The van der Waals surface area contributed by atoms with Gasteiger partial charge in [-0.15, -0.1) is 11.8 Å². The Balaban J connectivity index is 2.06. The number of hydrogen-bond acceptors (Lipinski definition) is 5. The smallest absolute Gasteiger partial charge is 0.405 e. The maximum Gasteiger partial charge on any atom is 0.433 e. The molecule has 1 aromatic carbocycles. The second-order valence-electron chi connectivity index (χ2n) is 3.47. The number of nitrogen functional groups attached to an aromatic ring is 1. The van der Waals surface area contributed by atoms with Crippen molar-refractivity contribution >= 4 is 39.3 Å². The van der Waals surface area contributed by atoms with E-state index in [0.717, 1.165) is 9.37 Å². The normalized spacial score (nSPS) is 10.5. The lowest BCUT2D eigenvalue weighted by atomic mass is 10.3. The summed E-state index contributed by atoms with van der Waals surface area (Å²) in [6.45, 7) is 0. The molecule has 5 nitrogen and oxygen atoms in total. The van der Waals surface area contributed by atoms with E-state index in [-0.39, 0.29) is 5.88 Å². The molecule has 0 aliphatic carbocycles. The molecule has 0 aliphatic rings. The largest absolute Gasteiger partial charge is 0.433 e. The number of halogens is 1. The fourth-order valence-electron chi connectivity index (χ4n) is 1.32. The summed E-state index contributed by atoms with van der Waals surface area (Å²) < 4.78 is 6.00. The van der Waals surface area contributed by atoms with Gasteiger partial charge in [0.1, 0.15) is 10.7 Å². The van der Waals surface area contributed by atoms with E-state index in [9.17, 15) is 10.1 Å². The van der Waals surface area contributed by atoms with Gasteiger partial charge in [0.2, 0.25) is 0 Å². The van der Waals surface area contributed by atoms with E-state index in [1.165, 1.54) is 17.8 Å². The first kappa shape index (κ1) is 13.0. The molecule has 0 radical (unpaired) electrons. The highest BCUT2D eigenvalue weighted by Gasteiger charge is 2.12. The second kappa shape index (κ2) is 5.45. The zero-order valence-corrected chi connectivity index (χ0v) is 11.5. The molecule has 0 aliphatic heterocycles. The molecule has 7 heteroatoms. The predicted molar refractivity (Wildman–Crippen MR) is 73.5 cm³/mol. The summed E-state index contributed by atoms with van der Waals surface area (Å²) in [5.41, 5.74) is 6.50. The van der Waals surface area contributed by atoms with Gasteiger partial charge in [-0.3, -0.25) is 10.1 Å². The Bertz CT molecular complexity index is 585. The molecule has 2 N–H and O–H groups in total. The zero-order valence-electron chi connectivity index (χ0n) is 9.13. The van der Waals surface area contributed by atoms with Crippen molar-refractivity contribution in [2.24, 2.45) is 0 Å². The first-order chi connectivity index (χ1) is 8.56. The average molecular weight is 329 g/mol. The Hall–Kier alpha value is -1.47. The van der Waals surface area contributed by atoms with Gasteiger partial charge in [-0.25, -0.2) is 0 Å². The molecule has 0 saturated carbocycles. The van der Waals surface area contributed by atoms with E-state index in [2.05, 4.69) is 15.9 Å². The van der Waals surface area contributed by atoms with E-state index in [0.29, 0.717) is 17.2 Å². The average Bonchev–Trinajstić information content (AvgIpc) is 2.79. The van der Waals surface area contributed by atoms with Crippen LogP contribution >= 0.6 is 27.7 Å². The molecule has 2 rings (SSSR count). The van der Waals surface area contributed by atoms with E-state index < -0.39 is 4.92 Å². The van der Waals surface area contributed by atoms with Crippen LogP contribution in [0.4, 0.5) is 11.6 Å². The van der Waals surface area contributed by atoms with Gasteiger partial charge in [-0.05, 0) is 24.3 Å². The molecule has 0 fully saturated rings. The number of rotatable bonds is 4. The SMILES string of the molecule is Nc1ccc(Br)cc1SCc1ccc([N+](=O)[O-])o1. The van der Waals surface area contributed by atoms with Crippen LogP contribution in [0.3, 0.4) is 0 Å². The molecule has 0 saturated heterocycles. The summed E-state index contributed by atoms with van der Waals surface area (Å²) in [5.74, 6) is 0.799. The molecule has 2 aromatic rings. The van der Waals surface area contributed by atoms with Gasteiger partial charge in [0.25, 0.3) is 0 Å². The lowest BCUT2D eigenvalue weighted by Crippen LogP contribution is -1.88. The fraction of sp³-hybridized carbons (Fsp3) is 0.0909. The quantitative estimate of drug-likeness (QED) is 0.399. The van der Waals surface area contributed by atoms with Crippen molar-refractivity contribution < 1.29 is 9.34 Å². The predicted octanol–water partition coefficient (Wildman–Crippen LogP) is 3.82. The number of hydrogen-bond donors (Lipinski definition) is 1. The van der Waals surface area contributed by atoms with E-state index in [4.69, 9.17) is 10.2 Å². The summed E-state index contributed by atoms with van der Waals surface area (Å²) in [6, 6.07) is 8.50. The summed E-state index contributed by atoms with van der Waals surface area (Å²) in [5, 5.41) is 10.5. The Labute approximate surface area is 116 Å². The van der Waals surface area contributed by atoms with Crippen LogP contribution in [0.5, 0.6) is 0 Å². The van der Waals surface area contributed by atoms with Gasteiger partial charge in [-0.1, -0.05) is 15.9 Å². The number of nitrogens with zero attached hydrogens (tertiary/aromatic N) is 1. The Kier molecular flexibility index (Phi) is 3.93. The summed E-state index contributed by atoms with van der Waals surface area (Å²) in [6.07, 6.45) is 0. The zero-order chi connectivity index (χ0) is 13.1. The molecular formula is C11H9BrN2O3S. The van der Waals surface area contributed by atoms with Crippen LogP contribution in [0, 0.1) is 10.1 Å². The van der Waals surface area contributed by atoms with E-state index in [1.54, 1.807) is 12.1 Å². The highest BCUT2D eigenvalue weighted by Crippen LogP contribution is 2.31. The first-order valence-electron chi connectivity index (χ1n) is 4.97. The van der Waals surface area contributed by atoms with Crippen molar-refractivity contribution in [2.75, 3.05) is 5.73 Å². The fourth-order valence-corrected chi connectivity index (χ4v) is 2.73. The second-order valence-corrected chi connectivity index (χ2v) is 5.40. The molecule has 1 heterocycles. The number of nitrogens with two attached hydrogens (primary N) is 1. The van der Waals surface area contributed by atoms with Gasteiger partial charge in [-0.2, -0.15) is 0 Å². The summed E-state index contributed by atoms with van der Waals surface area (Å²) >= 11 is 4.83. The van der Waals surface area contributed by atoms with Crippen LogP contribution in [-0.2, 0) is 5.75 Å². The molecule has 94 valence electrons. The van der Waals surface area contributed by atoms with Gasteiger partial charge in [0, 0.05) is 15.1 Å². The molecule has 0 unspecified atom stereocenters. The van der Waals surface area contributed by atoms with Gasteiger partial charge < -0.3 is 10.2 Å². The standard InChI is InChI=1S/C11H9BrN2O3S/c12-7-1-3-9(13)10(5-7)18-6-8-2-4-11(17-8)14(15)16/h1-5H,6,13H2. The topological polar surface area (TPSA) is 82.3 Å². The van der Waals surface area contributed by atoms with Crippen molar-refractivity contribution in [2.45, 2.75) is 10.6 Å². The lowest BCUT2D eigenvalue weighted by Gasteiger charge is -2.04. The number of nitro groups is 1. The molecule has 18 heavy (non-hydrogen) atoms. The molecular weight excluding hydrogens is 320 g/mol. The third-order valence-electron chi connectivity index (χ3n) is 2.17. The third kappa shape index (κ3) is 3.05. The summed E-state index contributed by atoms with van der Waals surface area (Å²) in [7, 11) is 0. The summed E-state index contributed by atoms with van der Waals surface area (Å²) in [4.78, 5) is 10.8. The van der Waals surface area contributed by atoms with Crippen molar-refractivity contribution in [3.63, 3.8) is 0 Å². The van der Waals surface area contributed by atoms with Gasteiger partial charge >= 0.3 is 5.88 Å². The van der Waals surface area contributed by atoms with Crippen LogP contribution in [0.15, 0.2) is 44.1 Å². The lowest BCUT2D eigenvalue weighted by molar-refractivity contribution is -0.402. The van der Waals surface area contributed by atoms with E-state index in [1.807, 2.05) is 12.1 Å². The Morgan fingerprint density at radius 1 is 1.39 bits per heavy atom. The number of anilines is 1. The van der Waals surface area contributed by atoms with Crippen LogP contribution < -0.4 is 5.73 Å². The van der Waals surface area contributed by atoms with E-state index >= 15 is 0 Å². The minimum Gasteiger partial charge on any atom is -0.405 e. The van der Waals surface area contributed by atoms with Crippen LogP contribution in [-0.4, -0.2) is 4.92 Å². The third-order valence-corrected chi connectivity index (χ3v) is 3.76. The van der Waals surface area contributed by atoms with Gasteiger partial charge in [0.05, 0.1) is 11.8 Å². The van der Waals surface area contributed by atoms with Crippen molar-refractivity contribution in [3.05, 3.63) is 50.7 Å². The maximum absolute atomic E-state index is 10.5. The van der Waals surface area contributed by atoms with Crippen molar-refractivity contribution in [3.8, 4) is 0 Å².